The SMILES string of the molecule is Cc1ccc(-n2cc(CN3CCCN(C)CC3)c(-c3ccc(F)cc3)n2)cc1. The largest absolute Gasteiger partial charge is 0.305 e. The molecule has 1 saturated heterocycles. The first-order valence-electron chi connectivity index (χ1n) is 9.91. The molecular formula is C23H27FN4. The maximum absolute atomic E-state index is 13.4. The molecule has 0 unspecified atom stereocenters. The van der Waals surface area contributed by atoms with Crippen molar-refractivity contribution in [2.24, 2.45) is 0 Å². The van der Waals surface area contributed by atoms with E-state index in [4.69, 9.17) is 5.10 Å². The summed E-state index contributed by atoms with van der Waals surface area (Å²) >= 11 is 0. The molecule has 0 radical (unpaired) electrons. The van der Waals surface area contributed by atoms with E-state index >= 15 is 0 Å². The van der Waals surface area contributed by atoms with Gasteiger partial charge in [0.1, 0.15) is 5.82 Å². The Morgan fingerprint density at radius 3 is 2.43 bits per heavy atom. The Morgan fingerprint density at radius 2 is 1.68 bits per heavy atom. The third-order valence-corrected chi connectivity index (χ3v) is 5.41. The second-order valence-corrected chi connectivity index (χ2v) is 7.72. The van der Waals surface area contributed by atoms with Crippen LogP contribution in [0, 0.1) is 12.7 Å². The highest BCUT2D eigenvalue weighted by Gasteiger charge is 2.18. The molecular weight excluding hydrogens is 351 g/mol. The molecule has 3 aromatic rings. The Balaban J connectivity index is 1.68. The third-order valence-electron chi connectivity index (χ3n) is 5.41. The van der Waals surface area contributed by atoms with Gasteiger partial charge in [0.05, 0.1) is 11.4 Å². The van der Waals surface area contributed by atoms with Crippen LogP contribution in [0.2, 0.25) is 0 Å². The lowest BCUT2D eigenvalue weighted by Gasteiger charge is -2.19. The van der Waals surface area contributed by atoms with Gasteiger partial charge in [-0.15, -0.1) is 0 Å². The van der Waals surface area contributed by atoms with Crippen LogP contribution in [-0.4, -0.2) is 52.8 Å². The summed E-state index contributed by atoms with van der Waals surface area (Å²) in [5.74, 6) is -0.223. The molecule has 0 N–H and O–H groups in total. The number of nitrogens with zero attached hydrogens (tertiary/aromatic N) is 4. The molecule has 1 aliphatic heterocycles. The molecule has 0 atom stereocenters. The van der Waals surface area contributed by atoms with Crippen molar-refractivity contribution < 1.29 is 4.39 Å². The van der Waals surface area contributed by atoms with Gasteiger partial charge < -0.3 is 4.90 Å². The monoisotopic (exact) mass is 378 g/mol. The van der Waals surface area contributed by atoms with E-state index in [0.29, 0.717) is 0 Å². The zero-order valence-electron chi connectivity index (χ0n) is 16.6. The van der Waals surface area contributed by atoms with Gasteiger partial charge >= 0.3 is 0 Å². The van der Waals surface area contributed by atoms with Gasteiger partial charge in [-0.1, -0.05) is 17.7 Å². The Bertz CT molecular complexity index is 915. The van der Waals surface area contributed by atoms with Crippen LogP contribution in [0.15, 0.2) is 54.7 Å². The summed E-state index contributed by atoms with van der Waals surface area (Å²) in [4.78, 5) is 4.88. The summed E-state index contributed by atoms with van der Waals surface area (Å²) in [6.07, 6.45) is 3.30. The summed E-state index contributed by atoms with van der Waals surface area (Å²) in [5, 5.41) is 4.87. The fourth-order valence-corrected chi connectivity index (χ4v) is 3.70. The highest BCUT2D eigenvalue weighted by atomic mass is 19.1. The summed E-state index contributed by atoms with van der Waals surface area (Å²) in [5.41, 5.74) is 5.32. The summed E-state index contributed by atoms with van der Waals surface area (Å²) in [6, 6.07) is 15.0. The summed E-state index contributed by atoms with van der Waals surface area (Å²) < 4.78 is 15.4. The molecule has 5 heteroatoms. The van der Waals surface area contributed by atoms with Crippen molar-refractivity contribution in [1.29, 1.82) is 0 Å². The molecule has 0 amide bonds. The first kappa shape index (κ1) is 18.8. The van der Waals surface area contributed by atoms with Gasteiger partial charge in [0.15, 0.2) is 0 Å². The standard InChI is InChI=1S/C23H27FN4/c1-18-4-10-22(11-5-18)28-17-20(16-27-13-3-12-26(2)14-15-27)23(25-28)19-6-8-21(24)9-7-19/h4-11,17H,3,12-16H2,1-2H3. The number of aryl methyl sites for hydroxylation is 1. The van der Waals surface area contributed by atoms with Gasteiger partial charge in [-0.2, -0.15) is 5.10 Å². The summed E-state index contributed by atoms with van der Waals surface area (Å²) in [6.45, 7) is 7.30. The van der Waals surface area contributed by atoms with Gasteiger partial charge in [0, 0.05) is 37.0 Å². The normalized spacial score (nSPS) is 16.2. The van der Waals surface area contributed by atoms with Crippen LogP contribution in [0.25, 0.3) is 16.9 Å². The number of rotatable bonds is 4. The van der Waals surface area contributed by atoms with Crippen molar-refractivity contribution in [2.45, 2.75) is 19.9 Å². The maximum atomic E-state index is 13.4. The van der Waals surface area contributed by atoms with E-state index in [2.05, 4.69) is 54.2 Å². The molecule has 28 heavy (non-hydrogen) atoms. The molecule has 0 spiro atoms. The summed E-state index contributed by atoms with van der Waals surface area (Å²) in [7, 11) is 2.18. The lowest BCUT2D eigenvalue weighted by molar-refractivity contribution is 0.269. The Kier molecular flexibility index (Phi) is 5.55. The van der Waals surface area contributed by atoms with E-state index in [-0.39, 0.29) is 5.82 Å². The second-order valence-electron chi connectivity index (χ2n) is 7.72. The first-order valence-corrected chi connectivity index (χ1v) is 9.91. The number of likely N-dealkylation sites (N-methyl/N-ethyl adjacent to an activating group) is 1. The van der Waals surface area contributed by atoms with Crippen LogP contribution >= 0.6 is 0 Å². The minimum Gasteiger partial charge on any atom is -0.305 e. The fourth-order valence-electron chi connectivity index (χ4n) is 3.70. The van der Waals surface area contributed by atoms with Gasteiger partial charge in [-0.3, -0.25) is 4.90 Å². The zero-order chi connectivity index (χ0) is 19.5. The van der Waals surface area contributed by atoms with Crippen molar-refractivity contribution in [2.75, 3.05) is 33.2 Å². The van der Waals surface area contributed by atoms with Crippen molar-refractivity contribution in [3.05, 3.63) is 71.7 Å². The third kappa shape index (κ3) is 4.32. The minimum absolute atomic E-state index is 0.223. The van der Waals surface area contributed by atoms with Gasteiger partial charge in [-0.25, -0.2) is 9.07 Å². The molecule has 4 nitrogen and oxygen atoms in total. The molecule has 2 aromatic carbocycles. The Hall–Kier alpha value is -2.50. The predicted octanol–water partition coefficient (Wildman–Crippen LogP) is 4.12. The Morgan fingerprint density at radius 1 is 0.929 bits per heavy atom. The topological polar surface area (TPSA) is 24.3 Å². The van der Waals surface area contributed by atoms with Crippen LogP contribution < -0.4 is 0 Å². The predicted molar refractivity (Wildman–Crippen MR) is 111 cm³/mol. The van der Waals surface area contributed by atoms with E-state index in [1.807, 2.05) is 16.8 Å². The smallest absolute Gasteiger partial charge is 0.123 e. The minimum atomic E-state index is -0.223. The highest BCUT2D eigenvalue weighted by Crippen LogP contribution is 2.26. The quantitative estimate of drug-likeness (QED) is 0.682. The average molecular weight is 378 g/mol. The van der Waals surface area contributed by atoms with E-state index in [9.17, 15) is 4.39 Å². The number of benzene rings is 2. The van der Waals surface area contributed by atoms with Crippen molar-refractivity contribution in [3.8, 4) is 16.9 Å². The van der Waals surface area contributed by atoms with Gasteiger partial charge in [-0.05, 0) is 69.9 Å². The van der Waals surface area contributed by atoms with Gasteiger partial charge in [0.2, 0.25) is 0 Å². The second kappa shape index (κ2) is 8.25. The van der Waals surface area contributed by atoms with Crippen LogP contribution in [0.1, 0.15) is 17.5 Å². The number of aromatic nitrogens is 2. The molecule has 1 aliphatic rings. The van der Waals surface area contributed by atoms with Crippen molar-refractivity contribution in [1.82, 2.24) is 19.6 Å². The van der Waals surface area contributed by atoms with E-state index in [0.717, 1.165) is 49.7 Å². The van der Waals surface area contributed by atoms with Crippen LogP contribution in [-0.2, 0) is 6.54 Å². The van der Waals surface area contributed by atoms with Crippen LogP contribution in [0.3, 0.4) is 0 Å². The number of halogens is 1. The lowest BCUT2D eigenvalue weighted by atomic mass is 10.1. The van der Waals surface area contributed by atoms with E-state index < -0.39 is 0 Å². The molecule has 2 heterocycles. The fraction of sp³-hybridized carbons (Fsp3) is 0.348. The van der Waals surface area contributed by atoms with E-state index in [1.165, 1.54) is 29.7 Å². The molecule has 0 bridgehead atoms. The van der Waals surface area contributed by atoms with Crippen molar-refractivity contribution in [3.63, 3.8) is 0 Å². The first-order chi connectivity index (χ1) is 13.6. The molecule has 1 aromatic heterocycles. The molecule has 0 aliphatic carbocycles. The van der Waals surface area contributed by atoms with Gasteiger partial charge in [0.25, 0.3) is 0 Å². The lowest BCUT2D eigenvalue weighted by Crippen LogP contribution is -2.28. The Labute approximate surface area is 166 Å². The van der Waals surface area contributed by atoms with Crippen LogP contribution in [0.4, 0.5) is 4.39 Å². The highest BCUT2D eigenvalue weighted by molar-refractivity contribution is 5.63. The molecule has 0 saturated carbocycles. The maximum Gasteiger partial charge on any atom is 0.123 e. The molecule has 146 valence electrons. The molecule has 1 fully saturated rings. The molecule has 4 rings (SSSR count). The number of hydrogen-bond acceptors (Lipinski definition) is 3. The number of hydrogen-bond donors (Lipinski definition) is 0. The van der Waals surface area contributed by atoms with E-state index in [1.54, 1.807) is 0 Å². The zero-order valence-corrected chi connectivity index (χ0v) is 16.6. The van der Waals surface area contributed by atoms with Crippen molar-refractivity contribution >= 4 is 0 Å². The van der Waals surface area contributed by atoms with Crippen LogP contribution in [0.5, 0.6) is 0 Å². The average Bonchev–Trinajstić information content (AvgIpc) is 2.99.